The maximum absolute atomic E-state index is 10.2. The molecule has 3 nitrogen and oxygen atoms in total. The lowest BCUT2D eigenvalue weighted by atomic mass is 9.67. The van der Waals surface area contributed by atoms with Crippen LogP contribution < -0.4 is 0 Å². The van der Waals surface area contributed by atoms with Crippen molar-refractivity contribution in [1.82, 2.24) is 4.90 Å². The maximum Gasteiger partial charge on any atom is 0.0622 e. The van der Waals surface area contributed by atoms with E-state index in [0.29, 0.717) is 17.5 Å². The Hall–Kier alpha value is -0.120. The summed E-state index contributed by atoms with van der Waals surface area (Å²) < 4.78 is 5.67. The molecular weight excluding hydrogens is 238 g/mol. The SMILES string of the molecule is CCC1COCCN1C1CC(O)CCC12CCCC2. The van der Waals surface area contributed by atoms with Crippen molar-refractivity contribution < 1.29 is 9.84 Å². The molecule has 0 aromatic heterocycles. The highest BCUT2D eigenvalue weighted by atomic mass is 16.5. The summed E-state index contributed by atoms with van der Waals surface area (Å²) in [4.78, 5) is 2.71. The minimum absolute atomic E-state index is 0.0726. The molecule has 1 N–H and O–H groups in total. The predicted molar refractivity (Wildman–Crippen MR) is 76.2 cm³/mol. The van der Waals surface area contributed by atoms with Gasteiger partial charge in [0.1, 0.15) is 0 Å². The Labute approximate surface area is 117 Å². The second kappa shape index (κ2) is 5.71. The average molecular weight is 267 g/mol. The fraction of sp³-hybridized carbons (Fsp3) is 1.00. The van der Waals surface area contributed by atoms with Crippen LogP contribution in [0.4, 0.5) is 0 Å². The third kappa shape index (κ3) is 2.57. The second-order valence-electron chi connectivity index (χ2n) is 6.89. The first-order valence-corrected chi connectivity index (χ1v) is 8.27. The van der Waals surface area contributed by atoms with Crippen molar-refractivity contribution in [1.29, 1.82) is 0 Å². The molecule has 2 aliphatic carbocycles. The molecule has 110 valence electrons. The summed E-state index contributed by atoms with van der Waals surface area (Å²) in [6, 6.07) is 1.18. The van der Waals surface area contributed by atoms with Gasteiger partial charge in [0.05, 0.1) is 19.3 Å². The summed E-state index contributed by atoms with van der Waals surface area (Å²) in [7, 11) is 0. The molecular formula is C16H29NO2. The molecule has 1 spiro atoms. The Morgan fingerprint density at radius 2 is 2.05 bits per heavy atom. The number of morpholine rings is 1. The fourth-order valence-corrected chi connectivity index (χ4v) is 4.83. The van der Waals surface area contributed by atoms with E-state index in [0.717, 1.165) is 32.6 Å². The number of hydrogen-bond acceptors (Lipinski definition) is 3. The van der Waals surface area contributed by atoms with Gasteiger partial charge in [-0.15, -0.1) is 0 Å². The van der Waals surface area contributed by atoms with E-state index in [1.165, 1.54) is 38.5 Å². The van der Waals surface area contributed by atoms with Crippen molar-refractivity contribution in [3.05, 3.63) is 0 Å². The van der Waals surface area contributed by atoms with Gasteiger partial charge in [0.15, 0.2) is 0 Å². The lowest BCUT2D eigenvalue weighted by Crippen LogP contribution is -2.58. The number of aliphatic hydroxyl groups excluding tert-OH is 1. The molecule has 3 atom stereocenters. The predicted octanol–water partition coefficient (Wildman–Crippen LogP) is 2.57. The van der Waals surface area contributed by atoms with Gasteiger partial charge in [0.25, 0.3) is 0 Å². The van der Waals surface area contributed by atoms with Crippen LogP contribution in [0.1, 0.15) is 58.3 Å². The van der Waals surface area contributed by atoms with Crippen molar-refractivity contribution in [2.24, 2.45) is 5.41 Å². The summed E-state index contributed by atoms with van der Waals surface area (Å²) in [6.45, 7) is 5.10. The van der Waals surface area contributed by atoms with E-state index in [1.54, 1.807) is 0 Å². The largest absolute Gasteiger partial charge is 0.393 e. The summed E-state index contributed by atoms with van der Waals surface area (Å²) in [6.07, 6.45) is 9.93. The highest BCUT2D eigenvalue weighted by Crippen LogP contribution is 2.51. The van der Waals surface area contributed by atoms with E-state index < -0.39 is 0 Å². The number of nitrogens with zero attached hydrogens (tertiary/aromatic N) is 1. The van der Waals surface area contributed by atoms with Crippen LogP contribution in [0.15, 0.2) is 0 Å². The Bertz CT molecular complexity index is 301. The van der Waals surface area contributed by atoms with Gasteiger partial charge in [-0.1, -0.05) is 19.8 Å². The van der Waals surface area contributed by atoms with Crippen LogP contribution in [0.5, 0.6) is 0 Å². The highest BCUT2D eigenvalue weighted by molar-refractivity contribution is 5.02. The lowest BCUT2D eigenvalue weighted by Gasteiger charge is -2.52. The van der Waals surface area contributed by atoms with Gasteiger partial charge in [-0.3, -0.25) is 4.90 Å². The van der Waals surface area contributed by atoms with Crippen molar-refractivity contribution >= 4 is 0 Å². The third-order valence-corrected chi connectivity index (χ3v) is 5.92. The van der Waals surface area contributed by atoms with E-state index in [9.17, 15) is 5.11 Å². The average Bonchev–Trinajstić information content (AvgIpc) is 2.91. The van der Waals surface area contributed by atoms with E-state index in [1.807, 2.05) is 0 Å². The van der Waals surface area contributed by atoms with Crippen molar-refractivity contribution in [3.8, 4) is 0 Å². The van der Waals surface area contributed by atoms with Gasteiger partial charge < -0.3 is 9.84 Å². The van der Waals surface area contributed by atoms with E-state index in [-0.39, 0.29) is 6.10 Å². The monoisotopic (exact) mass is 267 g/mol. The Morgan fingerprint density at radius 3 is 2.79 bits per heavy atom. The number of hydrogen-bond donors (Lipinski definition) is 1. The molecule has 0 amide bonds. The standard InChI is InChI=1S/C16H29NO2/c1-2-13-12-19-10-9-17(13)15-11-14(18)5-8-16(15)6-3-4-7-16/h13-15,18H,2-12H2,1H3. The molecule has 3 aliphatic rings. The first kappa shape index (κ1) is 13.8. The lowest BCUT2D eigenvalue weighted by molar-refractivity contribution is -0.0936. The number of aliphatic hydroxyl groups is 1. The van der Waals surface area contributed by atoms with Gasteiger partial charge in [-0.25, -0.2) is 0 Å². The molecule has 0 radical (unpaired) electrons. The smallest absolute Gasteiger partial charge is 0.0622 e. The Kier molecular flexibility index (Phi) is 4.16. The van der Waals surface area contributed by atoms with Gasteiger partial charge in [-0.2, -0.15) is 0 Å². The van der Waals surface area contributed by atoms with Gasteiger partial charge in [0, 0.05) is 18.6 Å². The van der Waals surface area contributed by atoms with Crippen LogP contribution in [-0.4, -0.2) is 48.0 Å². The molecule has 3 heteroatoms. The minimum atomic E-state index is -0.0726. The van der Waals surface area contributed by atoms with Crippen LogP contribution in [0.2, 0.25) is 0 Å². The molecule has 3 unspecified atom stereocenters. The van der Waals surface area contributed by atoms with E-state index in [4.69, 9.17) is 4.74 Å². The Morgan fingerprint density at radius 1 is 1.26 bits per heavy atom. The molecule has 1 aliphatic heterocycles. The van der Waals surface area contributed by atoms with Crippen LogP contribution in [0.3, 0.4) is 0 Å². The molecule has 1 heterocycles. The number of rotatable bonds is 2. The van der Waals surface area contributed by atoms with Crippen LogP contribution >= 0.6 is 0 Å². The van der Waals surface area contributed by atoms with Gasteiger partial charge in [-0.05, 0) is 43.9 Å². The minimum Gasteiger partial charge on any atom is -0.393 e. The summed E-state index contributed by atoms with van der Waals surface area (Å²) in [5.41, 5.74) is 0.518. The molecule has 0 aromatic carbocycles. The van der Waals surface area contributed by atoms with Crippen molar-refractivity contribution in [3.63, 3.8) is 0 Å². The topological polar surface area (TPSA) is 32.7 Å². The quantitative estimate of drug-likeness (QED) is 0.834. The molecule has 2 saturated carbocycles. The first-order valence-electron chi connectivity index (χ1n) is 8.27. The van der Waals surface area contributed by atoms with Crippen LogP contribution in [0, 0.1) is 5.41 Å². The molecule has 0 bridgehead atoms. The first-order chi connectivity index (χ1) is 9.25. The van der Waals surface area contributed by atoms with Crippen molar-refractivity contribution in [2.45, 2.75) is 76.5 Å². The van der Waals surface area contributed by atoms with Gasteiger partial charge in [0.2, 0.25) is 0 Å². The third-order valence-electron chi connectivity index (χ3n) is 5.92. The summed E-state index contributed by atoms with van der Waals surface area (Å²) in [5, 5.41) is 10.2. The van der Waals surface area contributed by atoms with Crippen molar-refractivity contribution in [2.75, 3.05) is 19.8 Å². The fourth-order valence-electron chi connectivity index (χ4n) is 4.83. The summed E-state index contributed by atoms with van der Waals surface area (Å²) >= 11 is 0. The van der Waals surface area contributed by atoms with Crippen LogP contribution in [-0.2, 0) is 4.74 Å². The zero-order valence-corrected chi connectivity index (χ0v) is 12.3. The van der Waals surface area contributed by atoms with Gasteiger partial charge >= 0.3 is 0 Å². The molecule has 3 rings (SSSR count). The molecule has 1 saturated heterocycles. The van der Waals surface area contributed by atoms with Crippen LogP contribution in [0.25, 0.3) is 0 Å². The molecule has 3 fully saturated rings. The Balaban J connectivity index is 1.81. The zero-order valence-electron chi connectivity index (χ0n) is 12.3. The summed E-state index contributed by atoms with van der Waals surface area (Å²) in [5.74, 6) is 0. The highest BCUT2D eigenvalue weighted by Gasteiger charge is 2.48. The maximum atomic E-state index is 10.2. The van der Waals surface area contributed by atoms with E-state index in [2.05, 4.69) is 11.8 Å². The normalized spacial score (nSPS) is 39.8. The molecule has 0 aromatic rings. The zero-order chi connectivity index (χ0) is 13.3. The molecule has 19 heavy (non-hydrogen) atoms. The van der Waals surface area contributed by atoms with E-state index >= 15 is 0 Å². The number of ether oxygens (including phenoxy) is 1. The second-order valence-corrected chi connectivity index (χ2v) is 6.89.